The number of ether oxygens (including phenoxy) is 1. The third-order valence-corrected chi connectivity index (χ3v) is 4.47. The standard InChI is InChI=1S/C18H23FN4O2/c1-25-16-5-4-13(9-15(16)19)6-7-20-17-10-18(22-12-21-17)23-8-2-3-14(23)11-24/h4-5,9-10,12,14,24H,2-3,6-8,11H2,1H3,(H,20,21,22)/t14-/m0/s1. The van der Waals surface area contributed by atoms with Crippen LogP contribution < -0.4 is 15.0 Å². The first-order chi connectivity index (χ1) is 12.2. The lowest BCUT2D eigenvalue weighted by Gasteiger charge is -2.24. The molecular formula is C18H23FN4O2. The number of rotatable bonds is 7. The van der Waals surface area contributed by atoms with Crippen molar-refractivity contribution in [3.05, 3.63) is 42.0 Å². The molecule has 3 rings (SSSR count). The van der Waals surface area contributed by atoms with Gasteiger partial charge in [-0.15, -0.1) is 0 Å². The molecule has 0 bridgehead atoms. The molecule has 1 atom stereocenters. The van der Waals surface area contributed by atoms with Gasteiger partial charge in [0, 0.05) is 19.2 Å². The van der Waals surface area contributed by atoms with Gasteiger partial charge in [-0.05, 0) is 37.0 Å². The highest BCUT2D eigenvalue weighted by molar-refractivity contribution is 5.50. The van der Waals surface area contributed by atoms with Gasteiger partial charge < -0.3 is 20.1 Å². The van der Waals surface area contributed by atoms with Crippen LogP contribution in [0.15, 0.2) is 30.6 Å². The van der Waals surface area contributed by atoms with Crippen molar-refractivity contribution in [2.24, 2.45) is 0 Å². The molecule has 1 saturated heterocycles. The second-order valence-electron chi connectivity index (χ2n) is 6.08. The van der Waals surface area contributed by atoms with Crippen LogP contribution in [0, 0.1) is 5.82 Å². The number of aliphatic hydroxyl groups excluding tert-OH is 1. The third-order valence-electron chi connectivity index (χ3n) is 4.47. The van der Waals surface area contributed by atoms with E-state index in [0.717, 1.165) is 36.6 Å². The van der Waals surface area contributed by atoms with Crippen molar-refractivity contribution in [3.8, 4) is 5.75 Å². The second-order valence-corrected chi connectivity index (χ2v) is 6.08. The molecule has 0 aliphatic carbocycles. The largest absolute Gasteiger partial charge is 0.494 e. The lowest BCUT2D eigenvalue weighted by molar-refractivity contribution is 0.266. The Kier molecular flexibility index (Phi) is 5.65. The van der Waals surface area contributed by atoms with Crippen molar-refractivity contribution in [1.82, 2.24) is 9.97 Å². The maximum absolute atomic E-state index is 13.7. The van der Waals surface area contributed by atoms with E-state index >= 15 is 0 Å². The zero-order valence-electron chi connectivity index (χ0n) is 14.3. The predicted octanol–water partition coefficient (Wildman–Crippen LogP) is 2.24. The Balaban J connectivity index is 1.58. The number of methoxy groups -OCH3 is 1. The van der Waals surface area contributed by atoms with E-state index in [4.69, 9.17) is 4.74 Å². The summed E-state index contributed by atoms with van der Waals surface area (Å²) in [7, 11) is 1.45. The van der Waals surface area contributed by atoms with Crippen molar-refractivity contribution in [3.63, 3.8) is 0 Å². The Bertz CT molecular complexity index is 713. The van der Waals surface area contributed by atoms with E-state index in [1.54, 1.807) is 6.07 Å². The SMILES string of the molecule is COc1ccc(CCNc2cc(N3CCC[C@H]3CO)ncn2)cc1F. The lowest BCUT2D eigenvalue weighted by Crippen LogP contribution is -2.32. The summed E-state index contributed by atoms with van der Waals surface area (Å²) in [4.78, 5) is 10.7. The molecule has 0 amide bonds. The molecule has 7 heteroatoms. The topological polar surface area (TPSA) is 70.5 Å². The van der Waals surface area contributed by atoms with E-state index < -0.39 is 0 Å². The molecule has 0 saturated carbocycles. The summed E-state index contributed by atoms with van der Waals surface area (Å²) in [5.41, 5.74) is 0.889. The van der Waals surface area contributed by atoms with Crippen LogP contribution in [0.1, 0.15) is 18.4 Å². The number of nitrogens with zero attached hydrogens (tertiary/aromatic N) is 3. The van der Waals surface area contributed by atoms with Gasteiger partial charge in [-0.25, -0.2) is 14.4 Å². The number of benzene rings is 1. The van der Waals surface area contributed by atoms with Crippen molar-refractivity contribution in [2.75, 3.05) is 37.0 Å². The molecular weight excluding hydrogens is 323 g/mol. The van der Waals surface area contributed by atoms with Gasteiger partial charge in [0.25, 0.3) is 0 Å². The Morgan fingerprint density at radius 1 is 1.36 bits per heavy atom. The summed E-state index contributed by atoms with van der Waals surface area (Å²) in [5.74, 6) is 1.45. The second kappa shape index (κ2) is 8.11. The molecule has 25 heavy (non-hydrogen) atoms. The molecule has 2 aromatic rings. The molecule has 2 N–H and O–H groups in total. The molecule has 2 heterocycles. The van der Waals surface area contributed by atoms with E-state index in [-0.39, 0.29) is 24.2 Å². The third kappa shape index (κ3) is 4.17. The van der Waals surface area contributed by atoms with Gasteiger partial charge in [0.1, 0.15) is 18.0 Å². The van der Waals surface area contributed by atoms with E-state index in [0.29, 0.717) is 13.0 Å². The summed E-state index contributed by atoms with van der Waals surface area (Å²) in [6.07, 6.45) is 4.23. The minimum Gasteiger partial charge on any atom is -0.494 e. The summed E-state index contributed by atoms with van der Waals surface area (Å²) in [6, 6.07) is 7.00. The Morgan fingerprint density at radius 2 is 2.24 bits per heavy atom. The number of anilines is 2. The quantitative estimate of drug-likeness (QED) is 0.801. The number of aliphatic hydroxyl groups is 1. The van der Waals surface area contributed by atoms with Crippen LogP contribution in [0.25, 0.3) is 0 Å². The van der Waals surface area contributed by atoms with Gasteiger partial charge in [0.05, 0.1) is 19.8 Å². The monoisotopic (exact) mass is 346 g/mol. The minimum atomic E-state index is -0.353. The summed E-state index contributed by atoms with van der Waals surface area (Å²) >= 11 is 0. The van der Waals surface area contributed by atoms with Gasteiger partial charge in [0.15, 0.2) is 11.6 Å². The van der Waals surface area contributed by atoms with E-state index in [2.05, 4.69) is 20.2 Å². The van der Waals surface area contributed by atoms with Crippen LogP contribution in [-0.2, 0) is 6.42 Å². The minimum absolute atomic E-state index is 0.130. The molecule has 1 aliphatic heterocycles. The van der Waals surface area contributed by atoms with E-state index in [1.165, 1.54) is 19.5 Å². The highest BCUT2D eigenvalue weighted by Crippen LogP contribution is 2.24. The number of nitrogens with one attached hydrogen (secondary N) is 1. The van der Waals surface area contributed by atoms with Gasteiger partial charge >= 0.3 is 0 Å². The van der Waals surface area contributed by atoms with Crippen molar-refractivity contribution in [1.29, 1.82) is 0 Å². The highest BCUT2D eigenvalue weighted by atomic mass is 19.1. The van der Waals surface area contributed by atoms with Crippen LogP contribution in [0.3, 0.4) is 0 Å². The lowest BCUT2D eigenvalue weighted by atomic mass is 10.1. The average Bonchev–Trinajstić information content (AvgIpc) is 3.11. The Labute approximate surface area is 146 Å². The maximum Gasteiger partial charge on any atom is 0.165 e. The van der Waals surface area contributed by atoms with Gasteiger partial charge in [-0.2, -0.15) is 0 Å². The summed E-state index contributed by atoms with van der Waals surface area (Å²) in [5, 5.41) is 12.7. The summed E-state index contributed by atoms with van der Waals surface area (Å²) < 4.78 is 18.6. The van der Waals surface area contributed by atoms with Crippen LogP contribution in [-0.4, -0.2) is 47.9 Å². The number of aromatic nitrogens is 2. The summed E-state index contributed by atoms with van der Waals surface area (Å²) in [6.45, 7) is 1.66. The highest BCUT2D eigenvalue weighted by Gasteiger charge is 2.25. The zero-order chi connectivity index (χ0) is 17.6. The van der Waals surface area contributed by atoms with Gasteiger partial charge in [0.2, 0.25) is 0 Å². The number of hydrogen-bond donors (Lipinski definition) is 2. The number of hydrogen-bond acceptors (Lipinski definition) is 6. The van der Waals surface area contributed by atoms with Crippen LogP contribution >= 0.6 is 0 Å². The van der Waals surface area contributed by atoms with Crippen LogP contribution in [0.4, 0.5) is 16.0 Å². The number of halogens is 1. The fourth-order valence-corrected chi connectivity index (χ4v) is 3.13. The van der Waals surface area contributed by atoms with Gasteiger partial charge in [-0.1, -0.05) is 6.07 Å². The zero-order valence-corrected chi connectivity index (χ0v) is 14.3. The fourth-order valence-electron chi connectivity index (χ4n) is 3.13. The Hall–Kier alpha value is -2.41. The molecule has 134 valence electrons. The first kappa shape index (κ1) is 17.4. The molecule has 1 aliphatic rings. The van der Waals surface area contributed by atoms with Gasteiger partial charge in [-0.3, -0.25) is 0 Å². The Morgan fingerprint density at radius 3 is 3.00 bits per heavy atom. The molecule has 1 fully saturated rings. The van der Waals surface area contributed by atoms with Crippen molar-refractivity contribution >= 4 is 11.6 Å². The first-order valence-electron chi connectivity index (χ1n) is 8.47. The first-order valence-corrected chi connectivity index (χ1v) is 8.47. The normalized spacial score (nSPS) is 16.9. The fraction of sp³-hybridized carbons (Fsp3) is 0.444. The van der Waals surface area contributed by atoms with Crippen molar-refractivity contribution < 1.29 is 14.2 Å². The van der Waals surface area contributed by atoms with Crippen LogP contribution in [0.5, 0.6) is 5.75 Å². The molecule has 1 aromatic carbocycles. The molecule has 1 aromatic heterocycles. The van der Waals surface area contributed by atoms with E-state index in [9.17, 15) is 9.50 Å². The average molecular weight is 346 g/mol. The van der Waals surface area contributed by atoms with E-state index in [1.807, 2.05) is 12.1 Å². The van der Waals surface area contributed by atoms with Crippen molar-refractivity contribution in [2.45, 2.75) is 25.3 Å². The van der Waals surface area contributed by atoms with Crippen LogP contribution in [0.2, 0.25) is 0 Å². The molecule has 0 spiro atoms. The predicted molar refractivity (Wildman–Crippen MR) is 94.6 cm³/mol. The maximum atomic E-state index is 13.7. The molecule has 0 radical (unpaired) electrons. The smallest absolute Gasteiger partial charge is 0.165 e. The molecule has 0 unspecified atom stereocenters. The molecule has 6 nitrogen and oxygen atoms in total.